The van der Waals surface area contributed by atoms with Gasteiger partial charge in [0.15, 0.2) is 0 Å². The van der Waals surface area contributed by atoms with Gasteiger partial charge >= 0.3 is 0 Å². The molecule has 0 heterocycles. The topological polar surface area (TPSA) is 0 Å². The molecule has 1 heteroatoms. The average molecular weight is 304 g/mol. The molecule has 110 valence electrons. The average Bonchev–Trinajstić information content (AvgIpc) is 2.59. The number of benzene rings is 3. The third kappa shape index (κ3) is 3.46. The maximum atomic E-state index is 2.32. The van der Waals surface area contributed by atoms with E-state index in [1.54, 1.807) is 0 Å². The van der Waals surface area contributed by atoms with Crippen LogP contribution in [0.1, 0.15) is 18.9 Å². The van der Waals surface area contributed by atoms with Crippen molar-refractivity contribution >= 4 is 23.8 Å². The van der Waals surface area contributed by atoms with Crippen molar-refractivity contribution < 1.29 is 0 Å². The molecule has 0 aliphatic heterocycles. The molecule has 0 aliphatic carbocycles. The van der Waals surface area contributed by atoms with Gasteiger partial charge in [-0.05, 0) is 35.8 Å². The van der Waals surface area contributed by atoms with E-state index in [-0.39, 0.29) is 0 Å². The summed E-state index contributed by atoms with van der Waals surface area (Å²) in [5.41, 5.74) is 1.43. The van der Waals surface area contributed by atoms with Gasteiger partial charge in [0.1, 0.15) is 0 Å². The molecule has 0 bridgehead atoms. The third-order valence-corrected chi connectivity index (χ3v) is 6.21. The zero-order valence-corrected chi connectivity index (χ0v) is 13.8. The Balaban J connectivity index is 2.02. The Labute approximate surface area is 134 Å². The first-order chi connectivity index (χ1) is 10.9. The van der Waals surface area contributed by atoms with Gasteiger partial charge in [-0.25, -0.2) is 0 Å². The van der Waals surface area contributed by atoms with Gasteiger partial charge in [0, 0.05) is 0 Å². The van der Waals surface area contributed by atoms with E-state index in [2.05, 4.69) is 91.9 Å². The molecule has 0 N–H and O–H groups in total. The summed E-state index contributed by atoms with van der Waals surface area (Å²) in [5.74, 6) is 0. The molecule has 0 aromatic heterocycles. The molecule has 0 saturated heterocycles. The fourth-order valence-electron chi connectivity index (χ4n) is 2.70. The predicted octanol–water partition coefficient (Wildman–Crippen LogP) is 4.40. The second kappa shape index (κ2) is 7.38. The van der Waals surface area contributed by atoms with Crippen molar-refractivity contribution in [2.75, 3.05) is 0 Å². The van der Waals surface area contributed by atoms with Gasteiger partial charge in [-0.15, -0.1) is 0 Å². The number of hydrogen-bond donors (Lipinski definition) is 0. The molecule has 22 heavy (non-hydrogen) atoms. The molecule has 0 nitrogen and oxygen atoms in total. The van der Waals surface area contributed by atoms with Crippen LogP contribution in [0.4, 0.5) is 0 Å². The molecule has 0 unspecified atom stereocenters. The summed E-state index contributed by atoms with van der Waals surface area (Å²) in [6.07, 6.45) is 2.36. The normalized spacial score (nSPS) is 10.8. The maximum absolute atomic E-state index is 2.32. The fourth-order valence-corrected chi connectivity index (χ4v) is 4.98. The fraction of sp³-hybridized carbons (Fsp3) is 0.143. The first-order valence-electron chi connectivity index (χ1n) is 7.87. The molecular weight excluding hydrogens is 283 g/mol. The highest BCUT2D eigenvalue weighted by Gasteiger charge is 2.15. The second-order valence-corrected chi connectivity index (χ2v) is 7.64. The van der Waals surface area contributed by atoms with Crippen LogP contribution in [0.2, 0.25) is 0 Å². The van der Waals surface area contributed by atoms with Gasteiger partial charge in [0.2, 0.25) is 0 Å². The van der Waals surface area contributed by atoms with Crippen LogP contribution >= 0.6 is 7.92 Å². The second-order valence-electron chi connectivity index (χ2n) is 5.42. The minimum atomic E-state index is -0.468. The van der Waals surface area contributed by atoms with Gasteiger partial charge in [-0.2, -0.15) is 0 Å². The summed E-state index contributed by atoms with van der Waals surface area (Å²) in [7, 11) is -0.468. The number of hydrogen-bond acceptors (Lipinski definition) is 0. The van der Waals surface area contributed by atoms with E-state index < -0.39 is 7.92 Å². The van der Waals surface area contributed by atoms with E-state index in [1.807, 2.05) is 0 Å². The molecule has 0 fully saturated rings. The third-order valence-electron chi connectivity index (χ3n) is 3.76. The number of rotatable bonds is 5. The van der Waals surface area contributed by atoms with Crippen molar-refractivity contribution in [1.29, 1.82) is 0 Å². The molecule has 0 atom stereocenters. The van der Waals surface area contributed by atoms with Crippen molar-refractivity contribution in [3.63, 3.8) is 0 Å². The zero-order valence-electron chi connectivity index (χ0n) is 12.9. The quantitative estimate of drug-likeness (QED) is 0.613. The lowest BCUT2D eigenvalue weighted by molar-refractivity contribution is 0.922. The van der Waals surface area contributed by atoms with Crippen LogP contribution in [0.25, 0.3) is 0 Å². The highest BCUT2D eigenvalue weighted by atomic mass is 31.1. The van der Waals surface area contributed by atoms with Crippen LogP contribution in [0, 0.1) is 0 Å². The molecule has 0 saturated carbocycles. The summed E-state index contributed by atoms with van der Waals surface area (Å²) in [6, 6.07) is 30.9. The van der Waals surface area contributed by atoms with Crippen molar-refractivity contribution in [2.45, 2.75) is 19.8 Å². The monoisotopic (exact) mass is 304 g/mol. The summed E-state index contributed by atoms with van der Waals surface area (Å²) >= 11 is 0. The van der Waals surface area contributed by atoms with Crippen LogP contribution < -0.4 is 15.9 Å². The van der Waals surface area contributed by atoms with Crippen LogP contribution in [0.5, 0.6) is 0 Å². The van der Waals surface area contributed by atoms with Crippen LogP contribution in [-0.4, -0.2) is 0 Å². The summed E-state index contributed by atoms with van der Waals surface area (Å²) in [5, 5.41) is 4.24. The molecule has 3 aromatic rings. The van der Waals surface area contributed by atoms with Gasteiger partial charge in [0.25, 0.3) is 0 Å². The summed E-state index contributed by atoms with van der Waals surface area (Å²) in [4.78, 5) is 0. The van der Waals surface area contributed by atoms with E-state index in [4.69, 9.17) is 0 Å². The van der Waals surface area contributed by atoms with E-state index >= 15 is 0 Å². The van der Waals surface area contributed by atoms with Crippen LogP contribution in [-0.2, 0) is 6.42 Å². The van der Waals surface area contributed by atoms with Gasteiger partial charge in [-0.1, -0.05) is 98.3 Å². The van der Waals surface area contributed by atoms with Crippen molar-refractivity contribution in [3.8, 4) is 0 Å². The lowest BCUT2D eigenvalue weighted by Crippen LogP contribution is -2.20. The highest BCUT2D eigenvalue weighted by molar-refractivity contribution is 7.79. The summed E-state index contributed by atoms with van der Waals surface area (Å²) in [6.45, 7) is 2.23. The van der Waals surface area contributed by atoms with E-state index in [0.717, 1.165) is 6.42 Å². The molecule has 0 radical (unpaired) electrons. The van der Waals surface area contributed by atoms with Crippen molar-refractivity contribution in [2.24, 2.45) is 0 Å². The highest BCUT2D eigenvalue weighted by Crippen LogP contribution is 2.32. The Bertz CT molecular complexity index is 647. The van der Waals surface area contributed by atoms with Gasteiger partial charge < -0.3 is 0 Å². The SMILES string of the molecule is CCCc1ccc(P(c2ccccc2)c2ccccc2)cc1. The Kier molecular flexibility index (Phi) is 5.03. The first kappa shape index (κ1) is 15.0. The molecular formula is C21H21P. The summed E-state index contributed by atoms with van der Waals surface area (Å²) < 4.78 is 0. The molecule has 0 aliphatic rings. The Morgan fingerprint density at radius 2 is 1.05 bits per heavy atom. The Morgan fingerprint density at radius 1 is 0.591 bits per heavy atom. The zero-order chi connectivity index (χ0) is 15.2. The lowest BCUT2D eigenvalue weighted by Gasteiger charge is -2.19. The van der Waals surface area contributed by atoms with Crippen molar-refractivity contribution in [1.82, 2.24) is 0 Å². The molecule has 0 spiro atoms. The van der Waals surface area contributed by atoms with Gasteiger partial charge in [0.05, 0.1) is 0 Å². The Morgan fingerprint density at radius 3 is 1.50 bits per heavy atom. The molecule has 0 amide bonds. The van der Waals surface area contributed by atoms with Crippen LogP contribution in [0.15, 0.2) is 84.9 Å². The molecule has 3 rings (SSSR count). The predicted molar refractivity (Wildman–Crippen MR) is 99.1 cm³/mol. The standard InChI is InChI=1S/C21H21P/c1-2-9-18-14-16-21(17-15-18)22(19-10-5-3-6-11-19)20-12-7-4-8-13-20/h3-8,10-17H,2,9H2,1H3. The smallest absolute Gasteiger partial charge is 0.0134 e. The van der Waals surface area contributed by atoms with Crippen LogP contribution in [0.3, 0.4) is 0 Å². The lowest BCUT2D eigenvalue weighted by atomic mass is 10.1. The minimum absolute atomic E-state index is 0.468. The number of aryl methyl sites for hydroxylation is 1. The minimum Gasteiger partial charge on any atom is -0.0651 e. The Hall–Kier alpha value is -1.91. The van der Waals surface area contributed by atoms with E-state index in [0.29, 0.717) is 0 Å². The van der Waals surface area contributed by atoms with E-state index in [1.165, 1.54) is 27.9 Å². The maximum Gasteiger partial charge on any atom is -0.0134 e. The largest absolute Gasteiger partial charge is 0.0651 e. The van der Waals surface area contributed by atoms with Crippen molar-refractivity contribution in [3.05, 3.63) is 90.5 Å². The molecule has 3 aromatic carbocycles. The van der Waals surface area contributed by atoms with E-state index in [9.17, 15) is 0 Å². The first-order valence-corrected chi connectivity index (χ1v) is 9.22. The van der Waals surface area contributed by atoms with Gasteiger partial charge in [-0.3, -0.25) is 0 Å².